The van der Waals surface area contributed by atoms with E-state index in [0.29, 0.717) is 12.6 Å². The Morgan fingerprint density at radius 1 is 1.38 bits per heavy atom. The van der Waals surface area contributed by atoms with Crippen LogP contribution in [-0.2, 0) is 4.79 Å². The van der Waals surface area contributed by atoms with Crippen LogP contribution in [-0.4, -0.2) is 18.5 Å². The van der Waals surface area contributed by atoms with Crippen molar-refractivity contribution in [3.05, 3.63) is 23.8 Å². The molecule has 3 rings (SSSR count). The van der Waals surface area contributed by atoms with E-state index >= 15 is 0 Å². The van der Waals surface area contributed by atoms with Gasteiger partial charge in [0.1, 0.15) is 0 Å². The van der Waals surface area contributed by atoms with Crippen molar-refractivity contribution < 1.29 is 4.79 Å². The van der Waals surface area contributed by atoms with Gasteiger partial charge in [0.15, 0.2) is 0 Å². The lowest BCUT2D eigenvalue weighted by Gasteiger charge is -2.41. The number of amides is 1. The van der Waals surface area contributed by atoms with Crippen LogP contribution in [0.1, 0.15) is 24.8 Å². The summed E-state index contributed by atoms with van der Waals surface area (Å²) < 4.78 is 0. The minimum atomic E-state index is 0.209. The van der Waals surface area contributed by atoms with Gasteiger partial charge in [0.2, 0.25) is 5.91 Å². The number of carbonyl (C=O) groups excluding carboxylic acids is 1. The molecule has 1 saturated carbocycles. The van der Waals surface area contributed by atoms with Crippen LogP contribution in [0.2, 0.25) is 0 Å². The van der Waals surface area contributed by atoms with Gasteiger partial charge in [-0.25, -0.2) is 0 Å². The lowest BCUT2D eigenvalue weighted by atomic mass is 9.90. The fourth-order valence-electron chi connectivity index (χ4n) is 2.44. The van der Waals surface area contributed by atoms with Crippen LogP contribution >= 0.6 is 0 Å². The molecule has 0 atom stereocenters. The maximum Gasteiger partial charge on any atom is 0.246 e. The van der Waals surface area contributed by atoms with Crippen molar-refractivity contribution in [1.29, 1.82) is 0 Å². The van der Waals surface area contributed by atoms with E-state index in [-0.39, 0.29) is 5.91 Å². The van der Waals surface area contributed by atoms with Crippen LogP contribution in [0.15, 0.2) is 18.2 Å². The van der Waals surface area contributed by atoms with Gasteiger partial charge in [-0.1, -0.05) is 6.07 Å². The van der Waals surface area contributed by atoms with Gasteiger partial charge >= 0.3 is 0 Å². The zero-order valence-corrected chi connectivity index (χ0v) is 9.49. The molecule has 0 bridgehead atoms. The second-order valence-corrected chi connectivity index (χ2v) is 4.72. The SMILES string of the molecule is Cc1ccc2c(c1)NCC(=O)N2C1CCC1. The third kappa shape index (κ3) is 1.39. The molecule has 3 heteroatoms. The maximum absolute atomic E-state index is 11.9. The molecule has 1 aliphatic carbocycles. The molecule has 1 heterocycles. The Balaban J connectivity index is 2.02. The highest BCUT2D eigenvalue weighted by atomic mass is 16.2. The third-order valence-electron chi connectivity index (χ3n) is 3.55. The summed E-state index contributed by atoms with van der Waals surface area (Å²) in [6.45, 7) is 2.51. The highest BCUT2D eigenvalue weighted by Gasteiger charge is 2.33. The van der Waals surface area contributed by atoms with Gasteiger partial charge in [0.25, 0.3) is 0 Å². The number of anilines is 2. The lowest BCUT2D eigenvalue weighted by molar-refractivity contribution is -0.118. The summed E-state index contributed by atoms with van der Waals surface area (Å²) in [5.41, 5.74) is 3.40. The summed E-state index contributed by atoms with van der Waals surface area (Å²) >= 11 is 0. The van der Waals surface area contributed by atoms with Crippen LogP contribution in [0.4, 0.5) is 11.4 Å². The summed E-state index contributed by atoms with van der Waals surface area (Å²) in [6, 6.07) is 6.70. The molecule has 0 spiro atoms. The van der Waals surface area contributed by atoms with Crippen LogP contribution in [0.25, 0.3) is 0 Å². The number of carbonyl (C=O) groups is 1. The average Bonchev–Trinajstić information content (AvgIpc) is 2.19. The minimum Gasteiger partial charge on any atom is -0.374 e. The average molecular weight is 216 g/mol. The molecule has 0 aromatic heterocycles. The number of rotatable bonds is 1. The van der Waals surface area contributed by atoms with Crippen LogP contribution in [0, 0.1) is 6.92 Å². The monoisotopic (exact) mass is 216 g/mol. The normalized spacial score (nSPS) is 20.1. The number of hydrogen-bond donors (Lipinski definition) is 1. The molecule has 1 N–H and O–H groups in total. The van der Waals surface area contributed by atoms with Gasteiger partial charge in [-0.3, -0.25) is 4.79 Å². The van der Waals surface area contributed by atoms with E-state index in [2.05, 4.69) is 30.4 Å². The molecular weight excluding hydrogens is 200 g/mol. The van der Waals surface area contributed by atoms with Crippen molar-refractivity contribution in [2.75, 3.05) is 16.8 Å². The summed E-state index contributed by atoms with van der Waals surface area (Å²) in [7, 11) is 0. The third-order valence-corrected chi connectivity index (χ3v) is 3.55. The lowest BCUT2D eigenvalue weighted by Crippen LogP contribution is -2.49. The van der Waals surface area contributed by atoms with Crippen molar-refractivity contribution in [2.45, 2.75) is 32.2 Å². The Morgan fingerprint density at radius 3 is 2.88 bits per heavy atom. The number of nitrogens with zero attached hydrogens (tertiary/aromatic N) is 1. The number of fused-ring (bicyclic) bond motifs is 1. The Bertz CT molecular complexity index is 438. The van der Waals surface area contributed by atoms with Crippen LogP contribution in [0.3, 0.4) is 0 Å². The first-order valence-electron chi connectivity index (χ1n) is 5.92. The zero-order valence-electron chi connectivity index (χ0n) is 9.49. The topological polar surface area (TPSA) is 32.3 Å². The molecule has 16 heavy (non-hydrogen) atoms. The van der Waals surface area contributed by atoms with Gasteiger partial charge in [-0.05, 0) is 43.9 Å². The van der Waals surface area contributed by atoms with E-state index in [0.717, 1.165) is 24.2 Å². The summed E-state index contributed by atoms with van der Waals surface area (Å²) in [4.78, 5) is 13.9. The van der Waals surface area contributed by atoms with Gasteiger partial charge in [-0.15, -0.1) is 0 Å². The Labute approximate surface area is 95.4 Å². The van der Waals surface area contributed by atoms with Gasteiger partial charge in [0.05, 0.1) is 17.9 Å². The number of aryl methyl sites for hydroxylation is 1. The Morgan fingerprint density at radius 2 is 2.19 bits per heavy atom. The first-order chi connectivity index (χ1) is 7.75. The number of benzene rings is 1. The standard InChI is InChI=1S/C13H16N2O/c1-9-5-6-12-11(7-9)14-8-13(16)15(12)10-3-2-4-10/h5-7,10,14H,2-4,8H2,1H3. The molecule has 1 aliphatic heterocycles. The van der Waals surface area contributed by atoms with Gasteiger partial charge < -0.3 is 10.2 Å². The highest BCUT2D eigenvalue weighted by Crippen LogP contribution is 2.36. The molecular formula is C13H16N2O. The fraction of sp³-hybridized carbons (Fsp3) is 0.462. The number of nitrogens with one attached hydrogen (secondary N) is 1. The molecule has 0 unspecified atom stereocenters. The van der Waals surface area contributed by atoms with Crippen molar-refractivity contribution in [2.24, 2.45) is 0 Å². The number of hydrogen-bond acceptors (Lipinski definition) is 2. The molecule has 1 aromatic carbocycles. The van der Waals surface area contributed by atoms with Gasteiger partial charge in [-0.2, -0.15) is 0 Å². The first kappa shape index (κ1) is 9.70. The summed E-state index contributed by atoms with van der Waals surface area (Å²) in [6.07, 6.45) is 3.56. The largest absolute Gasteiger partial charge is 0.374 e. The van der Waals surface area contributed by atoms with Crippen LogP contribution < -0.4 is 10.2 Å². The molecule has 84 valence electrons. The van der Waals surface area contributed by atoms with E-state index in [9.17, 15) is 4.79 Å². The Hall–Kier alpha value is -1.51. The molecule has 3 nitrogen and oxygen atoms in total. The van der Waals surface area contributed by atoms with E-state index in [4.69, 9.17) is 0 Å². The van der Waals surface area contributed by atoms with Crippen molar-refractivity contribution in [3.8, 4) is 0 Å². The predicted molar refractivity (Wildman–Crippen MR) is 64.8 cm³/mol. The maximum atomic E-state index is 11.9. The molecule has 0 saturated heterocycles. The summed E-state index contributed by atoms with van der Waals surface area (Å²) in [5, 5.41) is 3.20. The second kappa shape index (κ2) is 3.51. The van der Waals surface area contributed by atoms with E-state index in [1.54, 1.807) is 0 Å². The summed E-state index contributed by atoms with van der Waals surface area (Å²) in [5.74, 6) is 0.209. The molecule has 2 aliphatic rings. The van der Waals surface area contributed by atoms with E-state index in [1.165, 1.54) is 12.0 Å². The quantitative estimate of drug-likeness (QED) is 0.781. The van der Waals surface area contributed by atoms with E-state index < -0.39 is 0 Å². The van der Waals surface area contributed by atoms with E-state index in [1.807, 2.05) is 4.90 Å². The van der Waals surface area contributed by atoms with Crippen molar-refractivity contribution in [3.63, 3.8) is 0 Å². The van der Waals surface area contributed by atoms with Crippen LogP contribution in [0.5, 0.6) is 0 Å². The molecule has 1 fully saturated rings. The van der Waals surface area contributed by atoms with Gasteiger partial charge in [0, 0.05) is 6.04 Å². The first-order valence-corrected chi connectivity index (χ1v) is 5.92. The van der Waals surface area contributed by atoms with Crippen molar-refractivity contribution in [1.82, 2.24) is 0 Å². The Kier molecular flexibility index (Phi) is 2.13. The minimum absolute atomic E-state index is 0.209. The second-order valence-electron chi connectivity index (χ2n) is 4.72. The smallest absolute Gasteiger partial charge is 0.246 e. The molecule has 1 aromatic rings. The molecule has 0 radical (unpaired) electrons. The molecule has 1 amide bonds. The predicted octanol–water partition coefficient (Wildman–Crippen LogP) is 2.31. The fourth-order valence-corrected chi connectivity index (χ4v) is 2.44. The highest BCUT2D eigenvalue weighted by molar-refractivity contribution is 6.03. The zero-order chi connectivity index (χ0) is 11.1. The van der Waals surface area contributed by atoms with Crippen molar-refractivity contribution >= 4 is 17.3 Å².